The third-order valence-corrected chi connectivity index (χ3v) is 4.28. The lowest BCUT2D eigenvalue weighted by molar-refractivity contribution is -0.138. The van der Waals surface area contributed by atoms with Gasteiger partial charge in [0, 0.05) is 25.4 Å². The number of hydrogen-bond donors (Lipinski definition) is 1. The Morgan fingerprint density at radius 3 is 2.53 bits per heavy atom. The largest absolute Gasteiger partial charge is 0.393 e. The number of hydrogen-bond acceptors (Lipinski definition) is 2. The molecule has 4 heteroatoms. The Labute approximate surface area is 122 Å². The van der Waals surface area contributed by atoms with Crippen molar-refractivity contribution in [2.24, 2.45) is 23.0 Å². The van der Waals surface area contributed by atoms with E-state index in [1.54, 1.807) is 0 Å². The maximum absolute atomic E-state index is 12.8. The first kappa shape index (κ1) is 16.4. The quantitative estimate of drug-likeness (QED) is 0.763. The molecule has 0 aromatic carbocycles. The summed E-state index contributed by atoms with van der Waals surface area (Å²) in [4.78, 5) is 15.2. The summed E-state index contributed by atoms with van der Waals surface area (Å²) in [5.74, 6) is 0.935. The summed E-state index contributed by atoms with van der Waals surface area (Å²) in [6.07, 6.45) is 3.96. The first-order valence-corrected chi connectivity index (χ1v) is 7.72. The first-order valence-electron chi connectivity index (χ1n) is 7.31. The molecule has 0 radical (unpaired) electrons. The van der Waals surface area contributed by atoms with E-state index in [0.29, 0.717) is 29.8 Å². The van der Waals surface area contributed by atoms with Crippen LogP contribution in [0.4, 0.5) is 0 Å². The van der Waals surface area contributed by atoms with Crippen molar-refractivity contribution >= 4 is 23.1 Å². The normalized spacial score (nSPS) is 21.6. The molecule has 1 fully saturated rings. The highest BCUT2D eigenvalue weighted by Gasteiger charge is 2.41. The molecule has 0 bridgehead atoms. The average molecular weight is 284 g/mol. The van der Waals surface area contributed by atoms with Crippen molar-refractivity contribution in [2.45, 2.75) is 53.4 Å². The van der Waals surface area contributed by atoms with Gasteiger partial charge >= 0.3 is 0 Å². The molecule has 0 aromatic rings. The summed E-state index contributed by atoms with van der Waals surface area (Å²) in [6.45, 7) is 10.2. The van der Waals surface area contributed by atoms with Gasteiger partial charge in [0.05, 0.1) is 4.99 Å². The van der Waals surface area contributed by atoms with Crippen molar-refractivity contribution in [1.29, 1.82) is 0 Å². The van der Waals surface area contributed by atoms with Crippen molar-refractivity contribution in [3.05, 3.63) is 0 Å². The molecule has 1 atom stereocenters. The SMILES string of the molecule is CC(C)CN(CCC(N)=S)C(=O)C1CCCC1(C)C. The second-order valence-electron chi connectivity index (χ2n) is 6.83. The van der Waals surface area contributed by atoms with E-state index in [0.717, 1.165) is 25.8 Å². The topological polar surface area (TPSA) is 46.3 Å². The van der Waals surface area contributed by atoms with Crippen LogP contribution in [-0.2, 0) is 4.79 Å². The van der Waals surface area contributed by atoms with Crippen molar-refractivity contribution < 1.29 is 4.79 Å². The fraction of sp³-hybridized carbons (Fsp3) is 0.867. The van der Waals surface area contributed by atoms with Gasteiger partial charge in [0.2, 0.25) is 5.91 Å². The molecule has 1 aliphatic carbocycles. The maximum Gasteiger partial charge on any atom is 0.226 e. The highest BCUT2D eigenvalue weighted by Crippen LogP contribution is 2.43. The summed E-state index contributed by atoms with van der Waals surface area (Å²) in [5.41, 5.74) is 5.71. The van der Waals surface area contributed by atoms with Crippen molar-refractivity contribution in [1.82, 2.24) is 4.90 Å². The number of rotatable bonds is 6. The molecular formula is C15H28N2OS. The smallest absolute Gasteiger partial charge is 0.226 e. The molecule has 0 aromatic heterocycles. The minimum atomic E-state index is 0.134. The number of nitrogens with two attached hydrogens (primary N) is 1. The Morgan fingerprint density at radius 2 is 2.11 bits per heavy atom. The second kappa shape index (κ2) is 6.69. The fourth-order valence-electron chi connectivity index (χ4n) is 2.98. The molecule has 0 aliphatic heterocycles. The van der Waals surface area contributed by atoms with Crippen LogP contribution < -0.4 is 5.73 Å². The van der Waals surface area contributed by atoms with Crippen LogP contribution in [0, 0.1) is 17.3 Å². The Bertz CT molecular complexity index is 339. The van der Waals surface area contributed by atoms with Crippen LogP contribution in [0.3, 0.4) is 0 Å². The van der Waals surface area contributed by atoms with E-state index in [-0.39, 0.29) is 11.3 Å². The average Bonchev–Trinajstić information content (AvgIpc) is 2.62. The zero-order valence-electron chi connectivity index (χ0n) is 12.7. The van der Waals surface area contributed by atoms with E-state index < -0.39 is 0 Å². The molecule has 19 heavy (non-hydrogen) atoms. The fourth-order valence-corrected chi connectivity index (χ4v) is 3.07. The number of nitrogens with zero attached hydrogens (tertiary/aromatic N) is 1. The van der Waals surface area contributed by atoms with Crippen molar-refractivity contribution in [2.75, 3.05) is 13.1 Å². The zero-order chi connectivity index (χ0) is 14.6. The Kier molecular flexibility index (Phi) is 5.78. The van der Waals surface area contributed by atoms with Gasteiger partial charge in [-0.3, -0.25) is 4.79 Å². The molecule has 0 saturated heterocycles. The van der Waals surface area contributed by atoms with Gasteiger partial charge in [-0.05, 0) is 24.2 Å². The van der Waals surface area contributed by atoms with Crippen LogP contribution in [0.2, 0.25) is 0 Å². The standard InChI is InChI=1S/C15H28N2OS/c1-11(2)10-17(9-7-13(16)19)14(18)12-6-5-8-15(12,3)4/h11-12H,5-10H2,1-4H3,(H2,16,19). The van der Waals surface area contributed by atoms with E-state index in [4.69, 9.17) is 18.0 Å². The summed E-state index contributed by atoms with van der Waals surface area (Å²) >= 11 is 4.93. The molecule has 1 saturated carbocycles. The minimum absolute atomic E-state index is 0.134. The summed E-state index contributed by atoms with van der Waals surface area (Å²) in [5, 5.41) is 0. The van der Waals surface area contributed by atoms with E-state index in [1.165, 1.54) is 0 Å². The van der Waals surface area contributed by atoms with Gasteiger partial charge in [-0.1, -0.05) is 46.3 Å². The van der Waals surface area contributed by atoms with E-state index >= 15 is 0 Å². The van der Waals surface area contributed by atoms with E-state index in [1.807, 2.05) is 4.90 Å². The summed E-state index contributed by atoms with van der Waals surface area (Å²) in [6, 6.07) is 0. The summed E-state index contributed by atoms with van der Waals surface area (Å²) in [7, 11) is 0. The number of carbonyl (C=O) groups is 1. The molecule has 0 heterocycles. The second-order valence-corrected chi connectivity index (χ2v) is 7.35. The minimum Gasteiger partial charge on any atom is -0.393 e. The van der Waals surface area contributed by atoms with Crippen LogP contribution >= 0.6 is 12.2 Å². The Balaban J connectivity index is 2.72. The van der Waals surface area contributed by atoms with E-state index in [9.17, 15) is 4.79 Å². The van der Waals surface area contributed by atoms with Crippen LogP contribution in [-0.4, -0.2) is 28.9 Å². The van der Waals surface area contributed by atoms with Gasteiger partial charge in [0.25, 0.3) is 0 Å². The van der Waals surface area contributed by atoms with Crippen molar-refractivity contribution in [3.63, 3.8) is 0 Å². The third-order valence-electron chi connectivity index (χ3n) is 4.08. The molecule has 1 amide bonds. The van der Waals surface area contributed by atoms with Crippen LogP contribution in [0.25, 0.3) is 0 Å². The van der Waals surface area contributed by atoms with Crippen molar-refractivity contribution in [3.8, 4) is 0 Å². The lowest BCUT2D eigenvalue weighted by Crippen LogP contribution is -2.43. The van der Waals surface area contributed by atoms with E-state index in [2.05, 4.69) is 27.7 Å². The molecular weight excluding hydrogens is 256 g/mol. The van der Waals surface area contributed by atoms with Crippen LogP contribution in [0.1, 0.15) is 53.4 Å². The predicted octanol–water partition coefficient (Wildman–Crippen LogP) is 2.97. The van der Waals surface area contributed by atoms with Gasteiger partial charge < -0.3 is 10.6 Å². The lowest BCUT2D eigenvalue weighted by Gasteiger charge is -2.33. The van der Waals surface area contributed by atoms with Gasteiger partial charge in [0.1, 0.15) is 0 Å². The first-order chi connectivity index (χ1) is 8.74. The molecule has 1 aliphatic rings. The van der Waals surface area contributed by atoms with Crippen LogP contribution in [0.15, 0.2) is 0 Å². The summed E-state index contributed by atoms with van der Waals surface area (Å²) < 4.78 is 0. The van der Waals surface area contributed by atoms with Crippen LogP contribution in [0.5, 0.6) is 0 Å². The highest BCUT2D eigenvalue weighted by atomic mass is 32.1. The molecule has 3 nitrogen and oxygen atoms in total. The predicted molar refractivity (Wildman–Crippen MR) is 83.9 cm³/mol. The molecule has 1 rings (SSSR count). The van der Waals surface area contributed by atoms with Gasteiger partial charge in [-0.2, -0.15) is 0 Å². The molecule has 1 unspecified atom stereocenters. The lowest BCUT2D eigenvalue weighted by atomic mass is 9.81. The third kappa shape index (κ3) is 4.75. The Hall–Kier alpha value is -0.640. The number of thiocarbonyl (C=S) groups is 1. The number of carbonyl (C=O) groups excluding carboxylic acids is 1. The van der Waals surface area contributed by atoms with Gasteiger partial charge in [-0.15, -0.1) is 0 Å². The Morgan fingerprint density at radius 1 is 1.47 bits per heavy atom. The maximum atomic E-state index is 12.8. The molecule has 110 valence electrons. The monoisotopic (exact) mass is 284 g/mol. The molecule has 0 spiro atoms. The zero-order valence-corrected chi connectivity index (χ0v) is 13.6. The molecule has 2 N–H and O–H groups in total. The van der Waals surface area contributed by atoms with Gasteiger partial charge in [-0.25, -0.2) is 0 Å². The number of amides is 1. The highest BCUT2D eigenvalue weighted by molar-refractivity contribution is 7.80. The van der Waals surface area contributed by atoms with Gasteiger partial charge in [0.15, 0.2) is 0 Å².